The van der Waals surface area contributed by atoms with Crippen LogP contribution in [0.4, 0.5) is 5.82 Å². The van der Waals surface area contributed by atoms with Crippen molar-refractivity contribution >= 4 is 23.5 Å². The summed E-state index contributed by atoms with van der Waals surface area (Å²) >= 11 is 0. The quantitative estimate of drug-likeness (QED) is 0.737. The number of aromatic nitrogens is 2. The van der Waals surface area contributed by atoms with Gasteiger partial charge in [0.25, 0.3) is 0 Å². The molecule has 9 heteroatoms. The fraction of sp³-hybridized carbons (Fsp3) is 0.435. The first kappa shape index (κ1) is 21.7. The third kappa shape index (κ3) is 4.28. The number of carbonyl (C=O) groups is 3. The van der Waals surface area contributed by atoms with Crippen LogP contribution in [0.15, 0.2) is 24.3 Å². The van der Waals surface area contributed by atoms with Crippen LogP contribution < -0.4 is 15.0 Å². The molecule has 1 unspecified atom stereocenters. The van der Waals surface area contributed by atoms with Crippen LogP contribution in [-0.4, -0.2) is 52.8 Å². The Kier molecular flexibility index (Phi) is 6.07. The largest absolute Gasteiger partial charge is 0.497 e. The lowest BCUT2D eigenvalue weighted by atomic mass is 10.1. The number of benzene rings is 1. The van der Waals surface area contributed by atoms with E-state index in [9.17, 15) is 14.4 Å². The highest BCUT2D eigenvalue weighted by atomic mass is 16.5. The van der Waals surface area contributed by atoms with E-state index in [-0.39, 0.29) is 36.7 Å². The molecule has 1 atom stereocenters. The predicted molar refractivity (Wildman–Crippen MR) is 117 cm³/mol. The molecule has 0 spiro atoms. The van der Waals surface area contributed by atoms with Crippen LogP contribution in [0.3, 0.4) is 0 Å². The number of nitrogens with zero attached hydrogens (tertiary/aromatic N) is 4. The number of fused-ring (bicyclic) bond motifs is 1. The van der Waals surface area contributed by atoms with Crippen LogP contribution >= 0.6 is 0 Å². The monoisotopic (exact) mass is 437 g/mol. The lowest BCUT2D eigenvalue weighted by molar-refractivity contribution is -0.133. The summed E-state index contributed by atoms with van der Waals surface area (Å²) < 4.78 is 5.21. The molecule has 1 N–H and O–H groups in total. The van der Waals surface area contributed by atoms with Gasteiger partial charge in [0.1, 0.15) is 11.6 Å². The Morgan fingerprint density at radius 2 is 1.97 bits per heavy atom. The van der Waals surface area contributed by atoms with Gasteiger partial charge in [-0.1, -0.05) is 12.1 Å². The molecule has 1 aromatic carbocycles. The summed E-state index contributed by atoms with van der Waals surface area (Å²) in [4.78, 5) is 49.5. The number of carbonyl (C=O) groups excluding carboxylic acids is 3. The molecule has 1 saturated heterocycles. The first-order chi connectivity index (χ1) is 15.4. The number of aryl methyl sites for hydroxylation is 1. The van der Waals surface area contributed by atoms with Gasteiger partial charge in [-0.25, -0.2) is 9.97 Å². The Bertz CT molecular complexity index is 1050. The maximum atomic E-state index is 12.8. The summed E-state index contributed by atoms with van der Waals surface area (Å²) in [5.41, 5.74) is 2.57. The van der Waals surface area contributed by atoms with Gasteiger partial charge in [0.05, 0.1) is 32.7 Å². The lowest BCUT2D eigenvalue weighted by Crippen LogP contribution is -2.39. The minimum atomic E-state index is -0.265. The highest BCUT2D eigenvalue weighted by Gasteiger charge is 2.36. The third-order valence-corrected chi connectivity index (χ3v) is 5.95. The summed E-state index contributed by atoms with van der Waals surface area (Å²) in [6, 6.07) is 7.32. The van der Waals surface area contributed by atoms with Gasteiger partial charge in [0.2, 0.25) is 17.7 Å². The normalized spacial score (nSPS) is 17.5. The van der Waals surface area contributed by atoms with Crippen LogP contribution in [0.2, 0.25) is 0 Å². The minimum absolute atomic E-state index is 0.0182. The van der Waals surface area contributed by atoms with E-state index < -0.39 is 0 Å². The van der Waals surface area contributed by atoms with Crippen molar-refractivity contribution in [3.63, 3.8) is 0 Å². The molecule has 168 valence electrons. The number of hydrogen-bond acceptors (Lipinski definition) is 6. The van der Waals surface area contributed by atoms with Crippen molar-refractivity contribution in [2.75, 3.05) is 25.1 Å². The molecule has 3 amide bonds. The van der Waals surface area contributed by atoms with Crippen molar-refractivity contribution < 1.29 is 19.1 Å². The molecule has 9 nitrogen and oxygen atoms in total. The molecule has 0 aliphatic carbocycles. The molecule has 0 saturated carbocycles. The first-order valence-corrected chi connectivity index (χ1v) is 10.7. The van der Waals surface area contributed by atoms with Crippen LogP contribution in [0, 0.1) is 6.92 Å². The molecule has 32 heavy (non-hydrogen) atoms. The standard InChI is InChI=1S/C23H27N5O4/c1-14-18-11-20(30)28(13-16-6-8-17(32-3)9-7-16)23(18)26-22(25-14)19-5-4-10-27(19)21(31)12-24-15(2)29/h6-9,19H,4-5,10-13H2,1-3H3,(H,24,29). The zero-order chi connectivity index (χ0) is 22.8. The topological polar surface area (TPSA) is 105 Å². The molecule has 1 fully saturated rings. The smallest absolute Gasteiger partial charge is 0.242 e. The third-order valence-electron chi connectivity index (χ3n) is 5.95. The summed E-state index contributed by atoms with van der Waals surface area (Å²) in [6.07, 6.45) is 1.86. The average molecular weight is 438 g/mol. The van der Waals surface area contributed by atoms with Crippen molar-refractivity contribution in [3.8, 4) is 5.75 Å². The fourth-order valence-electron chi connectivity index (χ4n) is 4.26. The molecule has 2 aliphatic rings. The van der Waals surface area contributed by atoms with Gasteiger partial charge in [-0.05, 0) is 37.5 Å². The van der Waals surface area contributed by atoms with Gasteiger partial charge in [-0.15, -0.1) is 0 Å². The van der Waals surface area contributed by atoms with Gasteiger partial charge < -0.3 is 15.0 Å². The second kappa shape index (κ2) is 8.94. The van der Waals surface area contributed by atoms with E-state index in [2.05, 4.69) is 10.3 Å². The van der Waals surface area contributed by atoms with E-state index >= 15 is 0 Å². The summed E-state index contributed by atoms with van der Waals surface area (Å²) in [7, 11) is 1.61. The van der Waals surface area contributed by atoms with Gasteiger partial charge in [-0.2, -0.15) is 0 Å². The highest BCUT2D eigenvalue weighted by molar-refractivity contribution is 6.00. The van der Waals surface area contributed by atoms with Crippen molar-refractivity contribution in [2.45, 2.75) is 45.7 Å². The van der Waals surface area contributed by atoms with E-state index in [0.29, 0.717) is 24.7 Å². The SMILES string of the molecule is COc1ccc(CN2C(=O)Cc3c(C)nc(C4CCCN4C(=O)CNC(C)=O)nc32)cc1. The Morgan fingerprint density at radius 1 is 1.22 bits per heavy atom. The number of anilines is 1. The van der Waals surface area contributed by atoms with Crippen LogP contribution in [0.1, 0.15) is 48.5 Å². The summed E-state index contributed by atoms with van der Waals surface area (Å²) in [6.45, 7) is 4.22. The number of hydrogen-bond donors (Lipinski definition) is 1. The second-order valence-electron chi connectivity index (χ2n) is 8.13. The van der Waals surface area contributed by atoms with Crippen LogP contribution in [0.5, 0.6) is 5.75 Å². The molecular weight excluding hydrogens is 410 g/mol. The predicted octanol–water partition coefficient (Wildman–Crippen LogP) is 1.68. The number of nitrogens with one attached hydrogen (secondary N) is 1. The molecule has 0 radical (unpaired) electrons. The van der Waals surface area contributed by atoms with Crippen LogP contribution in [0.25, 0.3) is 0 Å². The maximum absolute atomic E-state index is 12.8. The van der Waals surface area contributed by atoms with E-state index in [1.54, 1.807) is 16.9 Å². The number of methoxy groups -OCH3 is 1. The molecule has 1 aromatic heterocycles. The molecule has 0 bridgehead atoms. The Balaban J connectivity index is 1.60. The minimum Gasteiger partial charge on any atom is -0.497 e. The molecule has 2 aromatic rings. The van der Waals surface area contributed by atoms with Crippen molar-refractivity contribution in [1.29, 1.82) is 0 Å². The van der Waals surface area contributed by atoms with Gasteiger partial charge >= 0.3 is 0 Å². The van der Waals surface area contributed by atoms with E-state index in [1.807, 2.05) is 31.2 Å². The van der Waals surface area contributed by atoms with Crippen molar-refractivity contribution in [3.05, 3.63) is 46.9 Å². The lowest BCUT2D eigenvalue weighted by Gasteiger charge is -2.25. The number of likely N-dealkylation sites (tertiary alicyclic amines) is 1. The zero-order valence-corrected chi connectivity index (χ0v) is 18.6. The fourth-order valence-corrected chi connectivity index (χ4v) is 4.26. The summed E-state index contributed by atoms with van der Waals surface area (Å²) in [5.74, 6) is 1.50. The Hall–Kier alpha value is -3.49. The molecule has 4 rings (SSSR count). The van der Waals surface area contributed by atoms with Gasteiger partial charge in [0.15, 0.2) is 5.82 Å². The summed E-state index contributed by atoms with van der Waals surface area (Å²) in [5, 5.41) is 2.56. The Morgan fingerprint density at radius 3 is 2.66 bits per heavy atom. The Labute approximate surface area is 186 Å². The van der Waals surface area contributed by atoms with Gasteiger partial charge in [-0.3, -0.25) is 19.3 Å². The van der Waals surface area contributed by atoms with Crippen LogP contribution in [-0.2, 0) is 27.3 Å². The molecule has 2 aliphatic heterocycles. The van der Waals surface area contributed by atoms with Gasteiger partial charge in [0, 0.05) is 24.7 Å². The average Bonchev–Trinajstić information content (AvgIpc) is 3.38. The maximum Gasteiger partial charge on any atom is 0.242 e. The second-order valence-corrected chi connectivity index (χ2v) is 8.13. The number of ether oxygens (including phenoxy) is 1. The number of amides is 3. The first-order valence-electron chi connectivity index (χ1n) is 10.7. The number of rotatable bonds is 6. The van der Waals surface area contributed by atoms with E-state index in [4.69, 9.17) is 9.72 Å². The zero-order valence-electron chi connectivity index (χ0n) is 18.6. The van der Waals surface area contributed by atoms with E-state index in [1.165, 1.54) is 6.92 Å². The molecular formula is C23H27N5O4. The van der Waals surface area contributed by atoms with Crippen molar-refractivity contribution in [1.82, 2.24) is 20.2 Å². The van der Waals surface area contributed by atoms with E-state index in [0.717, 1.165) is 35.4 Å². The molecule has 3 heterocycles. The highest BCUT2D eigenvalue weighted by Crippen LogP contribution is 2.35. The van der Waals surface area contributed by atoms with Crippen molar-refractivity contribution in [2.24, 2.45) is 0 Å².